The maximum atomic E-state index is 4.44. The van der Waals surface area contributed by atoms with Gasteiger partial charge in [-0.25, -0.2) is 4.98 Å². The van der Waals surface area contributed by atoms with Crippen molar-refractivity contribution in [2.24, 2.45) is 0 Å². The Balaban J connectivity index is 2.07. The van der Waals surface area contributed by atoms with Crippen LogP contribution in [0.5, 0.6) is 0 Å². The average Bonchev–Trinajstić information content (AvgIpc) is 2.45. The normalized spacial score (nSPS) is 11.2. The summed E-state index contributed by atoms with van der Waals surface area (Å²) >= 11 is 0. The zero-order valence-corrected chi connectivity index (χ0v) is 13.3. The largest absolute Gasteiger partial charge is 0.370 e. The van der Waals surface area contributed by atoms with Crippen molar-refractivity contribution in [3.8, 4) is 0 Å². The second kappa shape index (κ2) is 6.57. The first kappa shape index (κ1) is 15.3. The van der Waals surface area contributed by atoms with Crippen molar-refractivity contribution >= 4 is 17.5 Å². The van der Waals surface area contributed by atoms with Gasteiger partial charge >= 0.3 is 0 Å². The summed E-state index contributed by atoms with van der Waals surface area (Å²) in [5, 5.41) is 6.50. The molecule has 0 bridgehead atoms. The van der Waals surface area contributed by atoms with Crippen LogP contribution in [-0.4, -0.2) is 16.5 Å². The van der Waals surface area contributed by atoms with Crippen LogP contribution in [0.4, 0.5) is 17.5 Å². The van der Waals surface area contributed by atoms with E-state index in [4.69, 9.17) is 0 Å². The molecule has 4 heteroatoms. The first-order chi connectivity index (χ1) is 9.99. The van der Waals surface area contributed by atoms with Crippen LogP contribution in [0.2, 0.25) is 0 Å². The summed E-state index contributed by atoms with van der Waals surface area (Å²) in [7, 11) is 0. The zero-order chi connectivity index (χ0) is 15.3. The molecular formula is C17H24N4. The predicted octanol–water partition coefficient (Wildman–Crippen LogP) is 4.34. The Morgan fingerprint density at radius 3 is 2.38 bits per heavy atom. The van der Waals surface area contributed by atoms with E-state index in [1.807, 2.05) is 6.07 Å². The molecule has 0 aliphatic rings. The fourth-order valence-corrected chi connectivity index (χ4v) is 1.95. The molecule has 2 aromatic rings. The fourth-order valence-electron chi connectivity index (χ4n) is 1.95. The molecule has 0 fully saturated rings. The second-order valence-corrected chi connectivity index (χ2v) is 6.14. The summed E-state index contributed by atoms with van der Waals surface area (Å²) in [6.45, 7) is 9.67. The topological polar surface area (TPSA) is 49.8 Å². The van der Waals surface area contributed by atoms with Gasteiger partial charge in [0.15, 0.2) is 0 Å². The van der Waals surface area contributed by atoms with Crippen molar-refractivity contribution in [1.82, 2.24) is 9.97 Å². The van der Waals surface area contributed by atoms with Crippen molar-refractivity contribution in [3.05, 3.63) is 42.1 Å². The van der Waals surface area contributed by atoms with E-state index in [9.17, 15) is 0 Å². The highest BCUT2D eigenvalue weighted by molar-refractivity contribution is 5.55. The lowest BCUT2D eigenvalue weighted by atomic mass is 9.87. The van der Waals surface area contributed by atoms with E-state index in [0.29, 0.717) is 5.95 Å². The van der Waals surface area contributed by atoms with Gasteiger partial charge in [0, 0.05) is 18.4 Å². The lowest BCUT2D eigenvalue weighted by Crippen LogP contribution is -2.10. The Morgan fingerprint density at radius 2 is 1.76 bits per heavy atom. The Bertz CT molecular complexity index is 570. The van der Waals surface area contributed by atoms with E-state index >= 15 is 0 Å². The van der Waals surface area contributed by atoms with E-state index in [-0.39, 0.29) is 5.41 Å². The van der Waals surface area contributed by atoms with Crippen LogP contribution in [0.3, 0.4) is 0 Å². The molecule has 112 valence electrons. The monoisotopic (exact) mass is 284 g/mol. The molecule has 1 aromatic heterocycles. The quantitative estimate of drug-likeness (QED) is 0.857. The van der Waals surface area contributed by atoms with Gasteiger partial charge in [0.2, 0.25) is 5.95 Å². The van der Waals surface area contributed by atoms with Crippen LogP contribution in [-0.2, 0) is 5.41 Å². The van der Waals surface area contributed by atoms with Crippen molar-refractivity contribution < 1.29 is 0 Å². The minimum Gasteiger partial charge on any atom is -0.370 e. The number of anilines is 3. The number of rotatable bonds is 5. The molecule has 21 heavy (non-hydrogen) atoms. The maximum Gasteiger partial charge on any atom is 0.229 e. The minimum atomic E-state index is 0.166. The van der Waals surface area contributed by atoms with Gasteiger partial charge in [-0.05, 0) is 35.6 Å². The Hall–Kier alpha value is -2.10. The standard InChI is InChI=1S/C17H24N4/c1-5-11-18-15-10-12-19-16(21-15)20-14-8-6-13(7-9-14)17(2,3)4/h6-10,12H,5,11H2,1-4H3,(H2,18,19,20,21). The highest BCUT2D eigenvalue weighted by Gasteiger charge is 2.12. The molecule has 1 heterocycles. The summed E-state index contributed by atoms with van der Waals surface area (Å²) in [6, 6.07) is 10.3. The number of hydrogen-bond donors (Lipinski definition) is 2. The number of nitrogens with zero attached hydrogens (tertiary/aromatic N) is 2. The molecule has 0 unspecified atom stereocenters. The van der Waals surface area contributed by atoms with Crippen LogP contribution in [0.1, 0.15) is 39.7 Å². The van der Waals surface area contributed by atoms with Crippen LogP contribution >= 0.6 is 0 Å². The predicted molar refractivity (Wildman–Crippen MR) is 89.2 cm³/mol. The summed E-state index contributed by atoms with van der Waals surface area (Å²) in [6.07, 6.45) is 2.83. The summed E-state index contributed by atoms with van der Waals surface area (Å²) < 4.78 is 0. The third kappa shape index (κ3) is 4.45. The smallest absolute Gasteiger partial charge is 0.229 e. The van der Waals surface area contributed by atoms with E-state index in [1.54, 1.807) is 6.20 Å². The Kier molecular flexibility index (Phi) is 4.78. The van der Waals surface area contributed by atoms with Gasteiger partial charge in [0.1, 0.15) is 5.82 Å². The van der Waals surface area contributed by atoms with E-state index < -0.39 is 0 Å². The molecule has 0 atom stereocenters. The number of hydrogen-bond acceptors (Lipinski definition) is 4. The molecular weight excluding hydrogens is 260 g/mol. The van der Waals surface area contributed by atoms with Gasteiger partial charge in [-0.2, -0.15) is 4.98 Å². The van der Waals surface area contributed by atoms with Gasteiger partial charge in [-0.15, -0.1) is 0 Å². The second-order valence-electron chi connectivity index (χ2n) is 6.14. The molecule has 0 spiro atoms. The summed E-state index contributed by atoms with van der Waals surface area (Å²) in [4.78, 5) is 8.70. The van der Waals surface area contributed by atoms with Crippen LogP contribution in [0.15, 0.2) is 36.5 Å². The Labute approximate surface area is 127 Å². The van der Waals surface area contributed by atoms with E-state index in [0.717, 1.165) is 24.5 Å². The van der Waals surface area contributed by atoms with Gasteiger partial charge < -0.3 is 10.6 Å². The molecule has 2 N–H and O–H groups in total. The first-order valence-corrected chi connectivity index (χ1v) is 7.43. The van der Waals surface area contributed by atoms with Crippen molar-refractivity contribution in [2.75, 3.05) is 17.2 Å². The zero-order valence-electron chi connectivity index (χ0n) is 13.3. The lowest BCUT2D eigenvalue weighted by molar-refractivity contribution is 0.590. The Morgan fingerprint density at radius 1 is 1.05 bits per heavy atom. The molecule has 1 aromatic carbocycles. The highest BCUT2D eigenvalue weighted by Crippen LogP contribution is 2.24. The molecule has 0 saturated heterocycles. The summed E-state index contributed by atoms with van der Waals surface area (Å²) in [5.41, 5.74) is 2.47. The third-order valence-corrected chi connectivity index (χ3v) is 3.22. The van der Waals surface area contributed by atoms with Crippen molar-refractivity contribution in [1.29, 1.82) is 0 Å². The van der Waals surface area contributed by atoms with Gasteiger partial charge in [0.25, 0.3) is 0 Å². The molecule has 2 rings (SSSR count). The number of aromatic nitrogens is 2. The molecule has 0 amide bonds. The summed E-state index contributed by atoms with van der Waals surface area (Å²) in [5.74, 6) is 1.46. The third-order valence-electron chi connectivity index (χ3n) is 3.22. The minimum absolute atomic E-state index is 0.166. The van der Waals surface area contributed by atoms with Gasteiger partial charge in [0.05, 0.1) is 0 Å². The molecule has 0 saturated carbocycles. The first-order valence-electron chi connectivity index (χ1n) is 7.43. The molecule has 0 radical (unpaired) electrons. The van der Waals surface area contributed by atoms with Crippen LogP contribution in [0.25, 0.3) is 0 Å². The van der Waals surface area contributed by atoms with E-state index in [2.05, 4.69) is 72.6 Å². The molecule has 0 aliphatic carbocycles. The SMILES string of the molecule is CCCNc1ccnc(Nc2ccc(C(C)(C)C)cc2)n1. The highest BCUT2D eigenvalue weighted by atomic mass is 15.1. The van der Waals surface area contributed by atoms with Crippen molar-refractivity contribution in [3.63, 3.8) is 0 Å². The number of benzene rings is 1. The van der Waals surface area contributed by atoms with E-state index in [1.165, 1.54) is 5.56 Å². The van der Waals surface area contributed by atoms with Gasteiger partial charge in [-0.1, -0.05) is 39.8 Å². The van der Waals surface area contributed by atoms with Crippen LogP contribution in [0, 0.1) is 0 Å². The molecule has 4 nitrogen and oxygen atoms in total. The van der Waals surface area contributed by atoms with Crippen molar-refractivity contribution in [2.45, 2.75) is 39.5 Å². The number of nitrogens with one attached hydrogen (secondary N) is 2. The molecule has 0 aliphatic heterocycles. The lowest BCUT2D eigenvalue weighted by Gasteiger charge is -2.19. The fraction of sp³-hybridized carbons (Fsp3) is 0.412. The van der Waals surface area contributed by atoms with Gasteiger partial charge in [-0.3, -0.25) is 0 Å². The van der Waals surface area contributed by atoms with Crippen LogP contribution < -0.4 is 10.6 Å². The average molecular weight is 284 g/mol. The maximum absolute atomic E-state index is 4.44.